The third kappa shape index (κ3) is 4.05. The number of thiophene rings is 1. The Labute approximate surface area is 122 Å². The van der Waals surface area contributed by atoms with E-state index in [4.69, 9.17) is 5.73 Å². The maximum absolute atomic E-state index is 11.9. The molecule has 6 heteroatoms. The lowest BCUT2D eigenvalue weighted by molar-refractivity contribution is -0.121. The summed E-state index contributed by atoms with van der Waals surface area (Å²) in [7, 11) is 0. The summed E-state index contributed by atoms with van der Waals surface area (Å²) in [6.45, 7) is 0.622. The zero-order valence-electron chi connectivity index (χ0n) is 11.4. The van der Waals surface area contributed by atoms with E-state index < -0.39 is 0 Å². The van der Waals surface area contributed by atoms with Crippen molar-refractivity contribution in [2.24, 2.45) is 11.7 Å². The van der Waals surface area contributed by atoms with E-state index in [2.05, 4.69) is 10.6 Å². The van der Waals surface area contributed by atoms with Crippen LogP contribution in [0.25, 0.3) is 0 Å². The molecule has 1 heterocycles. The van der Waals surface area contributed by atoms with Gasteiger partial charge in [0.1, 0.15) is 0 Å². The highest BCUT2D eigenvalue weighted by molar-refractivity contribution is 7.12. The zero-order valence-corrected chi connectivity index (χ0v) is 12.2. The van der Waals surface area contributed by atoms with Gasteiger partial charge in [0.15, 0.2) is 0 Å². The van der Waals surface area contributed by atoms with Crippen LogP contribution in [0.3, 0.4) is 0 Å². The topological polar surface area (TPSA) is 84.2 Å². The lowest BCUT2D eigenvalue weighted by Crippen LogP contribution is -2.47. The number of hydrogen-bond donors (Lipinski definition) is 3. The van der Waals surface area contributed by atoms with Crippen molar-refractivity contribution in [1.82, 2.24) is 10.6 Å². The average molecular weight is 295 g/mol. The van der Waals surface area contributed by atoms with Crippen LogP contribution in [0.5, 0.6) is 0 Å². The molecule has 4 N–H and O–H groups in total. The Morgan fingerprint density at radius 1 is 1.35 bits per heavy atom. The summed E-state index contributed by atoms with van der Waals surface area (Å²) in [5.41, 5.74) is 5.74. The lowest BCUT2D eigenvalue weighted by atomic mass is 9.84. The normalized spacial score (nSPS) is 22.2. The van der Waals surface area contributed by atoms with Crippen LogP contribution in [0.1, 0.15) is 35.4 Å². The molecular weight excluding hydrogens is 274 g/mol. The van der Waals surface area contributed by atoms with Crippen LogP contribution in [0.4, 0.5) is 0 Å². The molecule has 1 aromatic rings. The standard InChI is InChI=1S/C14H21N3O2S/c15-8-10-4-1-2-5-11(10)17-13(18)9-16-14(19)12-6-3-7-20-12/h3,6-7,10-11H,1-2,4-5,8-9,15H2,(H,16,19)(H,17,18). The third-order valence-corrected chi connectivity index (χ3v) is 4.58. The van der Waals surface area contributed by atoms with Gasteiger partial charge in [0, 0.05) is 6.04 Å². The van der Waals surface area contributed by atoms with Gasteiger partial charge in [-0.15, -0.1) is 11.3 Å². The molecule has 1 fully saturated rings. The van der Waals surface area contributed by atoms with Crippen molar-refractivity contribution in [1.29, 1.82) is 0 Å². The number of carbonyl (C=O) groups is 2. The van der Waals surface area contributed by atoms with Crippen LogP contribution in [0, 0.1) is 5.92 Å². The van der Waals surface area contributed by atoms with Crippen LogP contribution >= 0.6 is 11.3 Å². The smallest absolute Gasteiger partial charge is 0.261 e. The molecule has 0 radical (unpaired) electrons. The summed E-state index contributed by atoms with van der Waals surface area (Å²) in [5.74, 6) is 0.0233. The molecular formula is C14H21N3O2S. The van der Waals surface area contributed by atoms with Crippen LogP contribution in [0.2, 0.25) is 0 Å². The first-order chi connectivity index (χ1) is 9.70. The highest BCUT2D eigenvalue weighted by Crippen LogP contribution is 2.23. The molecule has 2 unspecified atom stereocenters. The first-order valence-corrected chi connectivity index (χ1v) is 7.90. The minimum atomic E-state index is -0.200. The minimum absolute atomic E-state index is 0.0184. The van der Waals surface area contributed by atoms with E-state index >= 15 is 0 Å². The Bertz CT molecular complexity index is 447. The Balaban J connectivity index is 1.76. The predicted octanol–water partition coefficient (Wildman–Crippen LogP) is 1.11. The molecule has 110 valence electrons. The van der Waals surface area contributed by atoms with Crippen molar-refractivity contribution in [3.63, 3.8) is 0 Å². The average Bonchev–Trinajstić information content (AvgIpc) is 2.99. The van der Waals surface area contributed by atoms with E-state index in [0.717, 1.165) is 19.3 Å². The van der Waals surface area contributed by atoms with Crippen LogP contribution in [-0.2, 0) is 4.79 Å². The molecule has 2 amide bonds. The Hall–Kier alpha value is -1.40. The van der Waals surface area contributed by atoms with Gasteiger partial charge in [0.25, 0.3) is 5.91 Å². The Morgan fingerprint density at radius 3 is 2.85 bits per heavy atom. The monoisotopic (exact) mass is 295 g/mol. The molecule has 0 saturated heterocycles. The van der Waals surface area contributed by atoms with Gasteiger partial charge in [-0.3, -0.25) is 9.59 Å². The summed E-state index contributed by atoms with van der Waals surface area (Å²) in [4.78, 5) is 24.2. The molecule has 1 aromatic heterocycles. The highest BCUT2D eigenvalue weighted by atomic mass is 32.1. The zero-order chi connectivity index (χ0) is 14.4. The first kappa shape index (κ1) is 15.0. The van der Waals surface area contributed by atoms with Crippen molar-refractivity contribution in [2.45, 2.75) is 31.7 Å². The second kappa shape index (κ2) is 7.40. The van der Waals surface area contributed by atoms with Crippen molar-refractivity contribution in [3.05, 3.63) is 22.4 Å². The van der Waals surface area contributed by atoms with Gasteiger partial charge in [-0.05, 0) is 36.8 Å². The fourth-order valence-electron chi connectivity index (χ4n) is 2.59. The minimum Gasteiger partial charge on any atom is -0.352 e. The van der Waals surface area contributed by atoms with E-state index in [1.807, 2.05) is 11.4 Å². The van der Waals surface area contributed by atoms with E-state index in [9.17, 15) is 9.59 Å². The van der Waals surface area contributed by atoms with Gasteiger partial charge < -0.3 is 16.4 Å². The van der Waals surface area contributed by atoms with Gasteiger partial charge in [-0.2, -0.15) is 0 Å². The second-order valence-corrected chi connectivity index (χ2v) is 6.06. The maximum Gasteiger partial charge on any atom is 0.261 e. The molecule has 1 aliphatic rings. The first-order valence-electron chi connectivity index (χ1n) is 7.02. The van der Waals surface area contributed by atoms with Crippen LogP contribution < -0.4 is 16.4 Å². The van der Waals surface area contributed by atoms with Crippen molar-refractivity contribution in [2.75, 3.05) is 13.1 Å². The Kier molecular flexibility index (Phi) is 5.55. The quantitative estimate of drug-likeness (QED) is 0.761. The van der Waals surface area contributed by atoms with Crippen molar-refractivity contribution < 1.29 is 9.59 Å². The second-order valence-electron chi connectivity index (χ2n) is 5.11. The fraction of sp³-hybridized carbons (Fsp3) is 0.571. The highest BCUT2D eigenvalue weighted by Gasteiger charge is 2.25. The van der Waals surface area contributed by atoms with Gasteiger partial charge in [-0.25, -0.2) is 0 Å². The summed E-state index contributed by atoms with van der Waals surface area (Å²) in [5, 5.41) is 7.46. The molecule has 20 heavy (non-hydrogen) atoms. The van der Waals surface area contributed by atoms with Crippen molar-refractivity contribution in [3.8, 4) is 0 Å². The summed E-state index contributed by atoms with van der Waals surface area (Å²) in [6, 6.07) is 3.71. The lowest BCUT2D eigenvalue weighted by Gasteiger charge is -2.31. The molecule has 5 nitrogen and oxygen atoms in total. The molecule has 0 aromatic carbocycles. The molecule has 0 bridgehead atoms. The molecule has 2 rings (SSSR count). The summed E-state index contributed by atoms with van der Waals surface area (Å²) < 4.78 is 0. The van der Waals surface area contributed by atoms with E-state index in [-0.39, 0.29) is 24.4 Å². The van der Waals surface area contributed by atoms with E-state index in [1.165, 1.54) is 17.8 Å². The van der Waals surface area contributed by atoms with E-state index in [1.54, 1.807) is 6.07 Å². The fourth-order valence-corrected chi connectivity index (χ4v) is 3.23. The number of nitrogens with two attached hydrogens (primary N) is 1. The van der Waals surface area contributed by atoms with Gasteiger partial charge >= 0.3 is 0 Å². The van der Waals surface area contributed by atoms with E-state index in [0.29, 0.717) is 17.3 Å². The molecule has 1 saturated carbocycles. The largest absolute Gasteiger partial charge is 0.352 e. The SMILES string of the molecule is NCC1CCCCC1NC(=O)CNC(=O)c1cccs1. The number of nitrogens with one attached hydrogen (secondary N) is 2. The maximum atomic E-state index is 11.9. The predicted molar refractivity (Wildman–Crippen MR) is 79.6 cm³/mol. The van der Waals surface area contributed by atoms with Crippen LogP contribution in [-0.4, -0.2) is 30.9 Å². The third-order valence-electron chi connectivity index (χ3n) is 3.71. The van der Waals surface area contributed by atoms with Gasteiger partial charge in [0.05, 0.1) is 11.4 Å². The number of rotatable bonds is 5. The van der Waals surface area contributed by atoms with Gasteiger partial charge in [-0.1, -0.05) is 18.9 Å². The molecule has 1 aliphatic carbocycles. The summed E-state index contributed by atoms with van der Waals surface area (Å²) in [6.07, 6.45) is 4.36. The number of carbonyl (C=O) groups excluding carboxylic acids is 2. The number of amides is 2. The molecule has 0 aliphatic heterocycles. The van der Waals surface area contributed by atoms with Gasteiger partial charge in [0.2, 0.25) is 5.91 Å². The van der Waals surface area contributed by atoms with Crippen LogP contribution in [0.15, 0.2) is 17.5 Å². The molecule has 0 spiro atoms. The van der Waals surface area contributed by atoms with Crippen molar-refractivity contribution >= 4 is 23.2 Å². The Morgan fingerprint density at radius 2 is 2.15 bits per heavy atom. The molecule has 2 atom stereocenters. The summed E-state index contributed by atoms with van der Waals surface area (Å²) >= 11 is 1.36. The number of hydrogen-bond acceptors (Lipinski definition) is 4.